The topological polar surface area (TPSA) is 77.5 Å². The van der Waals surface area contributed by atoms with Gasteiger partial charge in [0, 0.05) is 23.6 Å². The Morgan fingerprint density at radius 3 is 2.49 bits per heavy atom. The highest BCUT2D eigenvalue weighted by Crippen LogP contribution is 2.12. The van der Waals surface area contributed by atoms with Gasteiger partial charge in [-0.05, 0) is 43.2 Å². The molecule has 1 N–H and O–H groups in total. The minimum absolute atomic E-state index is 0.151. The molecule has 0 aliphatic carbocycles. The predicted octanol–water partition coefficient (Wildman–Crippen LogP) is 5.78. The number of carbonyl (C=O) groups excluding carboxylic acids is 2. The zero-order valence-electron chi connectivity index (χ0n) is 20.7. The fourth-order valence-electron chi connectivity index (χ4n) is 3.29. The van der Waals surface area contributed by atoms with Gasteiger partial charge in [0.25, 0.3) is 0 Å². The van der Waals surface area contributed by atoms with Crippen LogP contribution in [0.3, 0.4) is 0 Å². The minimum Gasteiger partial charge on any atom is -0.464 e. The summed E-state index contributed by atoms with van der Waals surface area (Å²) in [6.45, 7) is 2.62. The smallest absolute Gasteiger partial charge is 0.407 e. The van der Waals surface area contributed by atoms with E-state index in [4.69, 9.17) is 9.47 Å². The van der Waals surface area contributed by atoms with Crippen LogP contribution in [-0.4, -0.2) is 36.8 Å². The van der Waals surface area contributed by atoms with Crippen LogP contribution in [0.15, 0.2) is 36.5 Å². The number of pyridine rings is 1. The third-order valence-corrected chi connectivity index (χ3v) is 5.27. The van der Waals surface area contributed by atoms with Gasteiger partial charge in [-0.1, -0.05) is 75.5 Å². The van der Waals surface area contributed by atoms with Crippen molar-refractivity contribution in [3.63, 3.8) is 0 Å². The summed E-state index contributed by atoms with van der Waals surface area (Å²) in [4.78, 5) is 27.3. The van der Waals surface area contributed by atoms with Gasteiger partial charge in [-0.2, -0.15) is 0 Å². The zero-order valence-corrected chi connectivity index (χ0v) is 20.7. The average molecular weight is 477 g/mol. The van der Waals surface area contributed by atoms with Gasteiger partial charge in [-0.25, -0.2) is 4.79 Å². The van der Waals surface area contributed by atoms with Crippen LogP contribution in [0, 0.1) is 23.7 Å². The van der Waals surface area contributed by atoms with E-state index in [1.165, 1.54) is 6.42 Å². The molecule has 0 bridgehead atoms. The molecule has 0 spiro atoms. The lowest BCUT2D eigenvalue weighted by atomic mass is 10.1. The molecule has 0 atom stereocenters. The van der Waals surface area contributed by atoms with Crippen LogP contribution in [-0.2, 0) is 14.3 Å². The number of hydrogen-bond acceptors (Lipinski definition) is 5. The number of alkyl carbamates (subject to hydrolysis) is 1. The van der Waals surface area contributed by atoms with E-state index in [9.17, 15) is 9.59 Å². The van der Waals surface area contributed by atoms with Gasteiger partial charge >= 0.3 is 12.1 Å². The van der Waals surface area contributed by atoms with E-state index in [2.05, 4.69) is 34.0 Å². The van der Waals surface area contributed by atoms with Crippen LogP contribution in [0.4, 0.5) is 4.79 Å². The number of fused-ring (bicyclic) bond motifs is 1. The van der Waals surface area contributed by atoms with Gasteiger partial charge in [0.2, 0.25) is 0 Å². The fraction of sp³-hybridized carbons (Fsp3) is 0.483. The van der Waals surface area contributed by atoms with E-state index in [0.29, 0.717) is 13.2 Å². The molecule has 0 aliphatic heterocycles. The summed E-state index contributed by atoms with van der Waals surface area (Å²) in [5.41, 5.74) is 1.85. The normalized spacial score (nSPS) is 9.97. The van der Waals surface area contributed by atoms with Crippen LogP contribution in [0.5, 0.6) is 0 Å². The van der Waals surface area contributed by atoms with Crippen molar-refractivity contribution in [2.24, 2.45) is 0 Å². The van der Waals surface area contributed by atoms with Crippen LogP contribution >= 0.6 is 0 Å². The number of nitrogens with one attached hydrogen (secondary N) is 1. The maximum absolute atomic E-state index is 11.5. The van der Waals surface area contributed by atoms with Crippen molar-refractivity contribution in [1.82, 2.24) is 10.3 Å². The Labute approximate surface area is 209 Å². The van der Waals surface area contributed by atoms with Gasteiger partial charge in [0.1, 0.15) is 6.54 Å². The first-order chi connectivity index (χ1) is 17.2. The van der Waals surface area contributed by atoms with Crippen LogP contribution < -0.4 is 5.32 Å². The molecule has 0 saturated carbocycles. The molecule has 2 rings (SSSR count). The molecule has 0 saturated heterocycles. The van der Waals surface area contributed by atoms with Crippen molar-refractivity contribution < 1.29 is 19.1 Å². The number of hydrogen-bond donors (Lipinski definition) is 1. The first kappa shape index (κ1) is 27.7. The van der Waals surface area contributed by atoms with E-state index in [-0.39, 0.29) is 6.54 Å². The summed E-state index contributed by atoms with van der Waals surface area (Å²) >= 11 is 0. The largest absolute Gasteiger partial charge is 0.464 e. The highest BCUT2D eigenvalue weighted by Gasteiger charge is 2.06. The third-order valence-electron chi connectivity index (χ3n) is 5.27. The summed E-state index contributed by atoms with van der Waals surface area (Å²) < 4.78 is 10.0. The first-order valence-electron chi connectivity index (χ1n) is 12.6. The number of nitrogens with zero attached hydrogens (tertiary/aromatic N) is 1. The zero-order chi connectivity index (χ0) is 25.0. The van der Waals surface area contributed by atoms with Crippen molar-refractivity contribution in [1.29, 1.82) is 0 Å². The third kappa shape index (κ3) is 13.1. The van der Waals surface area contributed by atoms with Gasteiger partial charge in [-0.3, -0.25) is 9.78 Å². The first-order valence-corrected chi connectivity index (χ1v) is 12.6. The summed E-state index contributed by atoms with van der Waals surface area (Å²) in [7, 11) is 0. The van der Waals surface area contributed by atoms with Crippen molar-refractivity contribution in [2.75, 3.05) is 19.8 Å². The molecule has 1 amide bonds. The highest BCUT2D eigenvalue weighted by atomic mass is 16.6. The van der Waals surface area contributed by atoms with Crippen molar-refractivity contribution in [2.45, 2.75) is 71.1 Å². The molecule has 1 aromatic heterocycles. The molecule has 1 aromatic carbocycles. The number of para-hydroxylation sites is 1. The molecule has 6 nitrogen and oxygen atoms in total. The SMILES string of the molecule is CCCCOC(=O)CNC(=O)OCCCCCCCCCC#CC#Cc1cnc2ccccc2c1. The number of carbonyl (C=O) groups is 2. The molecule has 35 heavy (non-hydrogen) atoms. The molecule has 6 heteroatoms. The van der Waals surface area contributed by atoms with Gasteiger partial charge < -0.3 is 14.8 Å². The van der Waals surface area contributed by atoms with Gasteiger partial charge in [0.15, 0.2) is 0 Å². The molecule has 0 unspecified atom stereocenters. The Balaban J connectivity index is 1.41. The molecule has 186 valence electrons. The lowest BCUT2D eigenvalue weighted by Gasteiger charge is -2.07. The number of benzene rings is 1. The quantitative estimate of drug-likeness (QED) is 0.212. The number of ether oxygens (including phenoxy) is 2. The van der Waals surface area contributed by atoms with Gasteiger partial charge in [-0.15, -0.1) is 0 Å². The minimum atomic E-state index is -0.572. The molecule has 0 aliphatic rings. The van der Waals surface area contributed by atoms with Crippen molar-refractivity contribution in [3.8, 4) is 23.7 Å². The van der Waals surface area contributed by atoms with Crippen molar-refractivity contribution in [3.05, 3.63) is 42.1 Å². The van der Waals surface area contributed by atoms with E-state index in [1.54, 1.807) is 6.20 Å². The van der Waals surface area contributed by atoms with E-state index >= 15 is 0 Å². The second kappa shape index (κ2) is 17.9. The van der Waals surface area contributed by atoms with E-state index in [0.717, 1.165) is 74.3 Å². The number of amides is 1. The lowest BCUT2D eigenvalue weighted by molar-refractivity contribution is -0.142. The lowest BCUT2D eigenvalue weighted by Crippen LogP contribution is -2.31. The molecule has 2 aromatic rings. The summed E-state index contributed by atoms with van der Waals surface area (Å²) in [6.07, 6.45) is 11.4. The fourth-order valence-corrected chi connectivity index (χ4v) is 3.29. The molecule has 0 radical (unpaired) electrons. The summed E-state index contributed by atoms with van der Waals surface area (Å²) in [6, 6.07) is 10.0. The second-order valence-corrected chi connectivity index (χ2v) is 8.26. The maximum atomic E-state index is 11.5. The molecule has 1 heterocycles. The average Bonchev–Trinajstić information content (AvgIpc) is 2.87. The maximum Gasteiger partial charge on any atom is 0.407 e. The second-order valence-electron chi connectivity index (χ2n) is 8.26. The Kier molecular flexibility index (Phi) is 14.2. The monoisotopic (exact) mass is 476 g/mol. The van der Waals surface area contributed by atoms with Crippen LogP contribution in [0.1, 0.15) is 76.7 Å². The molecule has 0 fully saturated rings. The Hall–Kier alpha value is -3.51. The number of unbranched alkanes of at least 4 members (excludes halogenated alkanes) is 8. The standard InChI is InChI=1S/C29H36N2O4/c1-2-3-20-34-28(32)24-31-29(33)35-21-16-12-10-8-6-4-5-7-9-11-13-17-25-22-26-18-14-15-19-27(26)30-23-25/h14-15,18-19,22-23H,2-8,10,12,16,20-21,24H2,1H3,(H,31,33). The Morgan fingerprint density at radius 2 is 1.66 bits per heavy atom. The predicted molar refractivity (Wildman–Crippen MR) is 139 cm³/mol. The highest BCUT2D eigenvalue weighted by molar-refractivity contribution is 5.79. The van der Waals surface area contributed by atoms with Gasteiger partial charge in [0.05, 0.1) is 18.7 Å². The molecular weight excluding hydrogens is 440 g/mol. The summed E-state index contributed by atoms with van der Waals surface area (Å²) in [5.74, 6) is 11.6. The number of aromatic nitrogens is 1. The van der Waals surface area contributed by atoms with Crippen LogP contribution in [0.2, 0.25) is 0 Å². The number of rotatable bonds is 14. The number of esters is 1. The van der Waals surface area contributed by atoms with Crippen molar-refractivity contribution >= 4 is 23.0 Å². The Morgan fingerprint density at radius 1 is 0.914 bits per heavy atom. The Bertz CT molecular complexity index is 1040. The summed E-state index contributed by atoms with van der Waals surface area (Å²) in [5, 5.41) is 3.49. The van der Waals surface area contributed by atoms with E-state index in [1.807, 2.05) is 37.3 Å². The molecular formula is C29H36N2O4. The van der Waals surface area contributed by atoms with E-state index < -0.39 is 12.1 Å². The van der Waals surface area contributed by atoms with Crippen LogP contribution in [0.25, 0.3) is 10.9 Å².